The van der Waals surface area contributed by atoms with E-state index in [2.05, 4.69) is 0 Å². The first-order chi connectivity index (χ1) is 7.34. The number of hydrogen-bond donors (Lipinski definition) is 1. The van der Waals surface area contributed by atoms with Gasteiger partial charge in [-0.25, -0.2) is 0 Å². The van der Waals surface area contributed by atoms with Crippen molar-refractivity contribution >= 4 is 11.6 Å². The van der Waals surface area contributed by atoms with Crippen molar-refractivity contribution in [2.75, 3.05) is 0 Å². The van der Waals surface area contributed by atoms with Gasteiger partial charge in [0.15, 0.2) is 5.78 Å². The molecule has 3 nitrogen and oxygen atoms in total. The Morgan fingerprint density at radius 1 is 1.19 bits per heavy atom. The molecule has 1 atom stereocenters. The van der Waals surface area contributed by atoms with Crippen LogP contribution < -0.4 is 0 Å². The second-order valence-electron chi connectivity index (χ2n) is 4.38. The lowest BCUT2D eigenvalue weighted by Crippen LogP contribution is -2.38. The van der Waals surface area contributed by atoms with E-state index >= 15 is 0 Å². The highest BCUT2D eigenvalue weighted by molar-refractivity contribution is 6.09. The van der Waals surface area contributed by atoms with E-state index in [1.165, 1.54) is 20.8 Å². The van der Waals surface area contributed by atoms with Crippen LogP contribution >= 0.6 is 0 Å². The quantitative estimate of drug-likeness (QED) is 0.786. The Hall–Kier alpha value is -1.48. The third kappa shape index (κ3) is 2.76. The maximum Gasteiger partial charge on any atom is 0.178 e. The van der Waals surface area contributed by atoms with E-state index in [1.54, 1.807) is 24.3 Å². The normalized spacial score (nSPS) is 13.2. The molecular weight excluding hydrogens is 204 g/mol. The second kappa shape index (κ2) is 4.58. The van der Waals surface area contributed by atoms with Gasteiger partial charge in [0.25, 0.3) is 0 Å². The minimum Gasteiger partial charge on any atom is -0.383 e. The Morgan fingerprint density at radius 2 is 1.69 bits per heavy atom. The van der Waals surface area contributed by atoms with Gasteiger partial charge in [0, 0.05) is 0 Å². The average Bonchev–Trinajstić information content (AvgIpc) is 2.17. The molecule has 1 aromatic carbocycles. The van der Waals surface area contributed by atoms with E-state index in [0.717, 1.165) is 0 Å². The highest BCUT2D eigenvalue weighted by atomic mass is 16.3. The molecule has 0 fully saturated rings. The van der Waals surface area contributed by atoms with Gasteiger partial charge in [-0.15, -0.1) is 0 Å². The first-order valence-corrected chi connectivity index (χ1v) is 5.16. The Morgan fingerprint density at radius 3 is 2.06 bits per heavy atom. The SMILES string of the molecule is CC(=O)C(C(=O)C(C)(C)O)c1ccccc1. The van der Waals surface area contributed by atoms with Crippen molar-refractivity contribution in [2.24, 2.45) is 0 Å². The summed E-state index contributed by atoms with van der Waals surface area (Å²) in [7, 11) is 0. The molecule has 0 bridgehead atoms. The number of hydrogen-bond acceptors (Lipinski definition) is 3. The molecule has 16 heavy (non-hydrogen) atoms. The van der Waals surface area contributed by atoms with Gasteiger partial charge in [-0.2, -0.15) is 0 Å². The van der Waals surface area contributed by atoms with Crippen molar-refractivity contribution in [1.29, 1.82) is 0 Å². The molecule has 0 aliphatic heterocycles. The highest BCUT2D eigenvalue weighted by Crippen LogP contribution is 2.23. The van der Waals surface area contributed by atoms with Crippen molar-refractivity contribution in [1.82, 2.24) is 0 Å². The van der Waals surface area contributed by atoms with Crippen LogP contribution in [0, 0.1) is 0 Å². The molecule has 86 valence electrons. The molecule has 0 aliphatic rings. The third-order valence-corrected chi connectivity index (χ3v) is 2.40. The third-order valence-electron chi connectivity index (χ3n) is 2.40. The summed E-state index contributed by atoms with van der Waals surface area (Å²) in [6, 6.07) is 8.78. The molecule has 1 N–H and O–H groups in total. The summed E-state index contributed by atoms with van der Waals surface area (Å²) in [6.45, 7) is 4.16. The molecule has 1 rings (SSSR count). The molecule has 0 radical (unpaired) electrons. The molecule has 0 aromatic heterocycles. The first-order valence-electron chi connectivity index (χ1n) is 5.16. The van der Waals surface area contributed by atoms with Crippen LogP contribution in [-0.2, 0) is 9.59 Å². The van der Waals surface area contributed by atoms with E-state index in [0.29, 0.717) is 5.56 Å². The summed E-state index contributed by atoms with van der Waals surface area (Å²) < 4.78 is 0. The maximum absolute atomic E-state index is 11.9. The Balaban J connectivity index is 3.12. The van der Waals surface area contributed by atoms with Gasteiger partial charge in [-0.05, 0) is 26.3 Å². The van der Waals surface area contributed by atoms with Crippen LogP contribution in [0.2, 0.25) is 0 Å². The fourth-order valence-electron chi connectivity index (χ4n) is 1.57. The van der Waals surface area contributed by atoms with Gasteiger partial charge in [-0.1, -0.05) is 30.3 Å². The van der Waals surface area contributed by atoms with Gasteiger partial charge < -0.3 is 5.11 Å². The molecule has 0 aliphatic carbocycles. The Labute approximate surface area is 95.1 Å². The summed E-state index contributed by atoms with van der Waals surface area (Å²) in [5.41, 5.74) is -0.867. The zero-order valence-corrected chi connectivity index (χ0v) is 9.73. The van der Waals surface area contributed by atoms with Crippen LogP contribution in [0.3, 0.4) is 0 Å². The van der Waals surface area contributed by atoms with Gasteiger partial charge in [0.2, 0.25) is 0 Å². The van der Waals surface area contributed by atoms with Crippen LogP contribution in [0.5, 0.6) is 0 Å². The largest absolute Gasteiger partial charge is 0.383 e. The van der Waals surface area contributed by atoms with Crippen molar-refractivity contribution < 1.29 is 14.7 Å². The number of aliphatic hydroxyl groups is 1. The molecule has 0 saturated carbocycles. The zero-order chi connectivity index (χ0) is 12.3. The lowest BCUT2D eigenvalue weighted by atomic mass is 9.84. The average molecular weight is 220 g/mol. The lowest BCUT2D eigenvalue weighted by molar-refractivity contribution is -0.139. The number of rotatable bonds is 4. The van der Waals surface area contributed by atoms with Crippen molar-refractivity contribution in [3.63, 3.8) is 0 Å². The van der Waals surface area contributed by atoms with Gasteiger partial charge >= 0.3 is 0 Å². The van der Waals surface area contributed by atoms with E-state index in [1.807, 2.05) is 6.07 Å². The van der Waals surface area contributed by atoms with E-state index < -0.39 is 17.3 Å². The van der Waals surface area contributed by atoms with Gasteiger partial charge in [0.05, 0.1) is 0 Å². The number of Topliss-reactive ketones (excluding diaryl/α,β-unsaturated/α-hetero) is 2. The first kappa shape index (κ1) is 12.6. The predicted molar refractivity (Wildman–Crippen MR) is 61.2 cm³/mol. The van der Waals surface area contributed by atoms with Gasteiger partial charge in [0.1, 0.15) is 17.3 Å². The van der Waals surface area contributed by atoms with E-state index in [4.69, 9.17) is 0 Å². The molecule has 0 spiro atoms. The van der Waals surface area contributed by atoms with Crippen LogP contribution in [0.4, 0.5) is 0 Å². The lowest BCUT2D eigenvalue weighted by Gasteiger charge is -2.22. The van der Waals surface area contributed by atoms with Gasteiger partial charge in [-0.3, -0.25) is 9.59 Å². The number of ketones is 2. The summed E-state index contributed by atoms with van der Waals surface area (Å²) in [6.07, 6.45) is 0. The zero-order valence-electron chi connectivity index (χ0n) is 9.73. The van der Waals surface area contributed by atoms with Crippen molar-refractivity contribution in [3.05, 3.63) is 35.9 Å². The van der Waals surface area contributed by atoms with Crippen LogP contribution in [0.1, 0.15) is 32.3 Å². The smallest absolute Gasteiger partial charge is 0.178 e. The van der Waals surface area contributed by atoms with E-state index in [-0.39, 0.29) is 5.78 Å². The minimum absolute atomic E-state index is 0.252. The number of benzene rings is 1. The highest BCUT2D eigenvalue weighted by Gasteiger charge is 2.35. The number of carbonyl (C=O) groups excluding carboxylic acids is 2. The Bertz CT molecular complexity index is 387. The summed E-state index contributed by atoms with van der Waals surface area (Å²) in [5, 5.41) is 9.67. The Kier molecular flexibility index (Phi) is 3.60. The molecule has 0 amide bonds. The molecular formula is C13H16O3. The molecule has 1 aromatic rings. The van der Waals surface area contributed by atoms with Crippen molar-refractivity contribution in [3.8, 4) is 0 Å². The van der Waals surface area contributed by atoms with E-state index in [9.17, 15) is 14.7 Å². The molecule has 3 heteroatoms. The number of carbonyl (C=O) groups is 2. The van der Waals surface area contributed by atoms with Crippen LogP contribution in [0.25, 0.3) is 0 Å². The van der Waals surface area contributed by atoms with Crippen LogP contribution in [0.15, 0.2) is 30.3 Å². The predicted octanol–water partition coefficient (Wildman–Crippen LogP) is 1.70. The maximum atomic E-state index is 11.9. The molecule has 1 unspecified atom stereocenters. The minimum atomic E-state index is -1.49. The standard InChI is InChI=1S/C13H16O3/c1-9(14)11(12(15)13(2,3)16)10-7-5-4-6-8-10/h4-8,11,16H,1-3H3. The topological polar surface area (TPSA) is 54.4 Å². The molecule has 0 saturated heterocycles. The van der Waals surface area contributed by atoms with Crippen molar-refractivity contribution in [2.45, 2.75) is 32.3 Å². The van der Waals surface area contributed by atoms with Crippen LogP contribution in [-0.4, -0.2) is 22.3 Å². The molecule has 0 heterocycles. The fourth-order valence-corrected chi connectivity index (χ4v) is 1.57. The summed E-state index contributed by atoms with van der Waals surface area (Å²) >= 11 is 0. The summed E-state index contributed by atoms with van der Waals surface area (Å²) in [5.74, 6) is -1.59. The second-order valence-corrected chi connectivity index (χ2v) is 4.38. The fraction of sp³-hybridized carbons (Fsp3) is 0.385. The summed E-state index contributed by atoms with van der Waals surface area (Å²) in [4.78, 5) is 23.4. The monoisotopic (exact) mass is 220 g/mol.